The second kappa shape index (κ2) is 22.6. The summed E-state index contributed by atoms with van der Waals surface area (Å²) in [6.07, 6.45) is -9.14. The van der Waals surface area contributed by atoms with Crippen LogP contribution in [-0.4, -0.2) is 105 Å². The number of hydrogen-bond donors (Lipinski definition) is 0. The second-order valence-electron chi connectivity index (χ2n) is 23.2. The van der Waals surface area contributed by atoms with E-state index in [1.165, 1.54) is 7.11 Å². The third kappa shape index (κ3) is 11.8. The van der Waals surface area contributed by atoms with Crippen LogP contribution in [0.2, 0.25) is 10.1 Å². The molecule has 5 aromatic carbocycles. The number of ether oxygens (including phenoxy) is 5. The largest absolute Gasteiger partial charge is 0.462 e. The van der Waals surface area contributed by atoms with Crippen molar-refractivity contribution in [3.05, 3.63) is 168 Å². The Morgan fingerprint density at radius 1 is 0.688 bits per heavy atom. The van der Waals surface area contributed by atoms with E-state index in [1.54, 1.807) is 20.8 Å². The van der Waals surface area contributed by atoms with Gasteiger partial charge in [0.05, 0.1) is 28.9 Å². The van der Waals surface area contributed by atoms with Crippen molar-refractivity contribution in [2.45, 2.75) is 120 Å². The van der Waals surface area contributed by atoms with Crippen molar-refractivity contribution >= 4 is 59.4 Å². The van der Waals surface area contributed by atoms with Gasteiger partial charge in [0, 0.05) is 12.7 Å². The Bertz CT molecular complexity index is 3220. The zero-order valence-corrected chi connectivity index (χ0v) is 49.5. The molecular weight excluding hydrogens is 1080 g/mol. The molecule has 0 bridgehead atoms. The molecule has 1 aliphatic heterocycles. The summed E-state index contributed by atoms with van der Waals surface area (Å²) >= 11 is 0. The monoisotopic (exact) mass is 1150 g/mol. The molecule has 0 unspecified atom stereocenters. The molecule has 3 aliphatic rings. The van der Waals surface area contributed by atoms with Gasteiger partial charge in [-0.15, -0.1) is 0 Å². The summed E-state index contributed by atoms with van der Waals surface area (Å²) in [5, 5.41) is 2.68. The molecule has 1 spiro atoms. The molecule has 0 amide bonds. The quantitative estimate of drug-likeness (QED) is 0.0207. The molecule has 8 rings (SSSR count). The highest BCUT2D eigenvalue weighted by Crippen LogP contribution is 2.56. The molecule has 5 aromatic rings. The Kier molecular flexibility index (Phi) is 17.0. The maximum absolute atomic E-state index is 14.7. The van der Waals surface area contributed by atoms with Crippen LogP contribution in [0.4, 0.5) is 13.2 Å². The standard InChI is InChI=1S/C62H67F3O12SSi2/c1-57(2,3)56(67)71-41-53(72-42-70-10)60(74-55(66)43-32-34-44(35-33-43)62(63,64)65)39-38-45-40-50(76-79(58(4,5)6,46-24-16-12-17-25-46)47-26-18-13-19-27-47)54(61(45)52(73-61)37-36-51(60)75-78(11,68)69)77-80(59(7,8)9,48-28-20-14-21-29-48)49-30-22-15-23-31-49/h12-35,40,50-54H,41-42H2,1-11H3/t50-,51-,52-,53+,54+,60+,61+/m0/s1. The first kappa shape index (κ1) is 59.9. The molecule has 422 valence electrons. The van der Waals surface area contributed by atoms with Gasteiger partial charge in [-0.25, -0.2) is 8.98 Å². The van der Waals surface area contributed by atoms with Crippen molar-refractivity contribution in [1.29, 1.82) is 0 Å². The SMILES string of the molecule is COCO[C@H](COC(=O)C(C)(C)C)[C@@]1(OC(=O)c2ccc(C(F)(F)F)cc2)C#CC2=C[C@H](O[Si](c3ccccc3)(c3ccccc3)C(C)(C)C)[C@@H](O[Si](c3ccccc3)(c3ccccc3)C(C)(C)C)[C@@]23O[C@H]3C#C[C@@H]1OS(C)(=O)=O. The average molecular weight is 1150 g/mol. The van der Waals surface area contributed by atoms with E-state index in [0.29, 0.717) is 12.1 Å². The van der Waals surface area contributed by atoms with Gasteiger partial charge in [0.2, 0.25) is 5.60 Å². The Hall–Kier alpha value is -6.17. The van der Waals surface area contributed by atoms with E-state index in [4.69, 9.17) is 36.7 Å². The zero-order chi connectivity index (χ0) is 58.2. The first-order chi connectivity index (χ1) is 37.5. The molecule has 1 saturated heterocycles. The topological polar surface area (TPSA) is 145 Å². The molecule has 1 heterocycles. The van der Waals surface area contributed by atoms with Crippen molar-refractivity contribution in [3.63, 3.8) is 0 Å². The first-order valence-corrected chi connectivity index (χ1v) is 31.8. The minimum Gasteiger partial charge on any atom is -0.462 e. The van der Waals surface area contributed by atoms with Gasteiger partial charge >= 0.3 is 18.1 Å². The van der Waals surface area contributed by atoms with Crippen molar-refractivity contribution in [2.75, 3.05) is 26.8 Å². The van der Waals surface area contributed by atoms with Crippen LogP contribution in [-0.2, 0) is 57.8 Å². The van der Waals surface area contributed by atoms with Gasteiger partial charge in [-0.2, -0.15) is 21.6 Å². The number of rotatable bonds is 18. The molecule has 1 fully saturated rings. The summed E-state index contributed by atoms with van der Waals surface area (Å²) in [7, 11) is -10.4. The summed E-state index contributed by atoms with van der Waals surface area (Å²) < 4.78 is 121. The van der Waals surface area contributed by atoms with Crippen LogP contribution in [0.15, 0.2) is 157 Å². The third-order valence-corrected chi connectivity index (χ3v) is 25.1. The highest BCUT2D eigenvalue weighted by Gasteiger charge is 2.73. The van der Waals surface area contributed by atoms with Gasteiger partial charge < -0.3 is 32.5 Å². The second-order valence-corrected chi connectivity index (χ2v) is 33.3. The smallest absolute Gasteiger partial charge is 0.416 e. The van der Waals surface area contributed by atoms with Gasteiger partial charge in [0.15, 0.2) is 17.8 Å². The molecule has 0 N–H and O–H groups in total. The van der Waals surface area contributed by atoms with E-state index in [2.05, 4.69) is 114 Å². The highest BCUT2D eigenvalue weighted by atomic mass is 32.2. The molecule has 12 nitrogen and oxygen atoms in total. The number of esters is 2. The van der Waals surface area contributed by atoms with Crippen molar-refractivity contribution < 1.29 is 67.9 Å². The molecular formula is C62H67F3O12SSi2. The lowest BCUT2D eigenvalue weighted by molar-refractivity contribution is -0.185. The molecule has 7 atom stereocenters. The van der Waals surface area contributed by atoms with Crippen LogP contribution in [0.25, 0.3) is 0 Å². The molecule has 18 heteroatoms. The number of carbonyl (C=O) groups excluding carboxylic acids is 2. The maximum atomic E-state index is 14.7. The van der Waals surface area contributed by atoms with Gasteiger partial charge in [-0.1, -0.05) is 181 Å². The minimum atomic E-state index is -4.75. The van der Waals surface area contributed by atoms with E-state index in [9.17, 15) is 31.2 Å². The fourth-order valence-corrected chi connectivity index (χ4v) is 20.5. The van der Waals surface area contributed by atoms with Crippen LogP contribution in [0.3, 0.4) is 0 Å². The normalized spacial score (nSPS) is 22.5. The molecule has 0 aromatic heterocycles. The number of hydrogen-bond acceptors (Lipinski definition) is 12. The lowest BCUT2D eigenvalue weighted by Crippen LogP contribution is -2.71. The summed E-state index contributed by atoms with van der Waals surface area (Å²) in [6, 6.07) is 43.4. The lowest BCUT2D eigenvalue weighted by atomic mass is 9.89. The number of alkyl halides is 3. The Morgan fingerprint density at radius 2 is 1.16 bits per heavy atom. The molecule has 0 radical (unpaired) electrons. The minimum absolute atomic E-state index is 0.259. The maximum Gasteiger partial charge on any atom is 0.416 e. The zero-order valence-electron chi connectivity index (χ0n) is 46.7. The summed E-state index contributed by atoms with van der Waals surface area (Å²) in [5.41, 5.74) is -6.52. The number of benzene rings is 5. The van der Waals surface area contributed by atoms with Crippen molar-refractivity contribution in [1.82, 2.24) is 0 Å². The van der Waals surface area contributed by atoms with Crippen LogP contribution in [0.1, 0.15) is 78.2 Å². The fraction of sp³-hybridized carbons (Fsp3) is 0.387. The summed E-state index contributed by atoms with van der Waals surface area (Å²) in [5.74, 6) is 10.4. The predicted molar refractivity (Wildman–Crippen MR) is 303 cm³/mol. The van der Waals surface area contributed by atoms with Crippen LogP contribution < -0.4 is 20.7 Å². The van der Waals surface area contributed by atoms with Crippen LogP contribution >= 0.6 is 0 Å². The number of halogens is 3. The Labute approximate surface area is 469 Å². The summed E-state index contributed by atoms with van der Waals surface area (Å²) in [6.45, 7) is 16.4. The van der Waals surface area contributed by atoms with Crippen molar-refractivity contribution in [3.8, 4) is 23.7 Å². The third-order valence-electron chi connectivity index (χ3n) is 14.5. The fourth-order valence-electron chi connectivity index (χ4n) is 10.6. The van der Waals surface area contributed by atoms with E-state index in [0.717, 1.165) is 39.1 Å². The number of methoxy groups -OCH3 is 1. The van der Waals surface area contributed by atoms with Gasteiger partial charge in [0.25, 0.3) is 26.8 Å². The van der Waals surface area contributed by atoms with Gasteiger partial charge in [-0.3, -0.25) is 4.79 Å². The Morgan fingerprint density at radius 3 is 1.59 bits per heavy atom. The van der Waals surface area contributed by atoms with E-state index < -0.39 is 121 Å². The van der Waals surface area contributed by atoms with E-state index in [-0.39, 0.29) is 11.1 Å². The molecule has 80 heavy (non-hydrogen) atoms. The number of epoxide rings is 1. The number of carbonyl (C=O) groups is 2. The Balaban J connectivity index is 1.44. The van der Waals surface area contributed by atoms with E-state index >= 15 is 0 Å². The van der Waals surface area contributed by atoms with Crippen molar-refractivity contribution in [2.24, 2.45) is 5.41 Å². The van der Waals surface area contributed by atoms with Crippen LogP contribution in [0, 0.1) is 29.1 Å². The summed E-state index contributed by atoms with van der Waals surface area (Å²) in [4.78, 5) is 28.3. The van der Waals surface area contributed by atoms with Crippen LogP contribution in [0.5, 0.6) is 0 Å². The van der Waals surface area contributed by atoms with Gasteiger partial charge in [0.1, 0.15) is 25.6 Å². The average Bonchev–Trinajstić information content (AvgIpc) is 3.30. The van der Waals surface area contributed by atoms with Gasteiger partial charge in [-0.05, 0) is 87.9 Å². The predicted octanol–water partition coefficient (Wildman–Crippen LogP) is 8.51. The highest BCUT2D eigenvalue weighted by molar-refractivity contribution is 7.86. The first-order valence-electron chi connectivity index (χ1n) is 26.1. The molecule has 0 saturated carbocycles. The molecule has 2 aliphatic carbocycles. The van der Waals surface area contributed by atoms with E-state index in [1.807, 2.05) is 78.9 Å². The lowest BCUT2D eigenvalue weighted by Gasteiger charge is -2.48.